The molecule has 2 aromatic heterocycles. The second-order valence-electron chi connectivity index (χ2n) is 9.98. The number of anilines is 1. The SMILES string of the molecule is O=C(Cc1cccnc1)CN1CN(c2ccccc2)C2(CCN(C(=O)c3ccc4[nH]ncc4c3)CC2)C1=O. The third-order valence-corrected chi connectivity index (χ3v) is 7.64. The Morgan fingerprint density at radius 1 is 0.974 bits per heavy atom. The Labute approximate surface area is 220 Å². The Morgan fingerprint density at radius 3 is 2.55 bits per heavy atom. The lowest BCUT2D eigenvalue weighted by Crippen LogP contribution is -2.57. The van der Waals surface area contributed by atoms with E-state index >= 15 is 0 Å². The van der Waals surface area contributed by atoms with Crippen molar-refractivity contribution in [1.82, 2.24) is 25.0 Å². The van der Waals surface area contributed by atoms with Crippen molar-refractivity contribution in [3.8, 4) is 0 Å². The molecule has 0 atom stereocenters. The molecular formula is C29H28N6O3. The van der Waals surface area contributed by atoms with Gasteiger partial charge in [0, 0.05) is 48.5 Å². The second kappa shape index (κ2) is 9.74. The van der Waals surface area contributed by atoms with Gasteiger partial charge >= 0.3 is 0 Å². The number of nitrogens with one attached hydrogen (secondary N) is 1. The first kappa shape index (κ1) is 23.8. The molecule has 0 saturated carbocycles. The molecule has 38 heavy (non-hydrogen) atoms. The first-order chi connectivity index (χ1) is 18.5. The van der Waals surface area contributed by atoms with Crippen LogP contribution in [0.4, 0.5) is 5.69 Å². The molecule has 1 spiro atoms. The van der Waals surface area contributed by atoms with Crippen LogP contribution in [0.15, 0.2) is 79.3 Å². The minimum absolute atomic E-state index is 0.0290. The van der Waals surface area contributed by atoms with Gasteiger partial charge in [-0.2, -0.15) is 5.10 Å². The fourth-order valence-corrected chi connectivity index (χ4v) is 5.66. The van der Waals surface area contributed by atoms with Gasteiger partial charge in [0.1, 0.15) is 5.54 Å². The van der Waals surface area contributed by atoms with Gasteiger partial charge in [-0.3, -0.25) is 24.5 Å². The molecule has 2 aromatic carbocycles. The lowest BCUT2D eigenvalue weighted by Gasteiger charge is -2.43. The maximum atomic E-state index is 13.9. The summed E-state index contributed by atoms with van der Waals surface area (Å²) < 4.78 is 0. The number of carbonyl (C=O) groups is 3. The smallest absolute Gasteiger partial charge is 0.253 e. The summed E-state index contributed by atoms with van der Waals surface area (Å²) in [6.45, 7) is 1.29. The van der Waals surface area contributed by atoms with E-state index in [1.165, 1.54) is 0 Å². The summed E-state index contributed by atoms with van der Waals surface area (Å²) >= 11 is 0. The third-order valence-electron chi connectivity index (χ3n) is 7.64. The summed E-state index contributed by atoms with van der Waals surface area (Å²) in [5, 5.41) is 7.83. The molecule has 4 aromatic rings. The Morgan fingerprint density at radius 2 is 1.79 bits per heavy atom. The van der Waals surface area contributed by atoms with Crippen LogP contribution in [-0.2, 0) is 16.0 Å². The van der Waals surface area contributed by atoms with Crippen molar-refractivity contribution in [3.63, 3.8) is 0 Å². The normalized spacial score (nSPS) is 16.9. The van der Waals surface area contributed by atoms with E-state index in [9.17, 15) is 14.4 Å². The number of nitrogens with zero attached hydrogens (tertiary/aromatic N) is 5. The molecular weight excluding hydrogens is 480 g/mol. The highest BCUT2D eigenvalue weighted by molar-refractivity contribution is 5.99. The van der Waals surface area contributed by atoms with Crippen molar-refractivity contribution in [3.05, 3.63) is 90.4 Å². The van der Waals surface area contributed by atoms with Gasteiger partial charge in [-0.05, 0) is 54.8 Å². The van der Waals surface area contributed by atoms with Crippen LogP contribution >= 0.6 is 0 Å². The van der Waals surface area contributed by atoms with Gasteiger partial charge in [0.2, 0.25) is 5.91 Å². The number of rotatable bonds is 6. The van der Waals surface area contributed by atoms with Gasteiger partial charge in [-0.15, -0.1) is 0 Å². The van der Waals surface area contributed by atoms with E-state index in [2.05, 4.69) is 20.1 Å². The van der Waals surface area contributed by atoms with E-state index in [-0.39, 0.29) is 30.6 Å². The average Bonchev–Trinajstić information content (AvgIpc) is 3.53. The fraction of sp³-hybridized carbons (Fsp3) is 0.276. The molecule has 0 aliphatic carbocycles. The fourth-order valence-electron chi connectivity index (χ4n) is 5.66. The van der Waals surface area contributed by atoms with Crippen LogP contribution in [-0.4, -0.2) is 74.4 Å². The molecule has 0 unspecified atom stereocenters. The van der Waals surface area contributed by atoms with Crippen LogP contribution in [0.3, 0.4) is 0 Å². The number of benzene rings is 2. The van der Waals surface area contributed by atoms with Crippen molar-refractivity contribution in [1.29, 1.82) is 0 Å². The van der Waals surface area contributed by atoms with Crippen LogP contribution in [0.1, 0.15) is 28.8 Å². The molecule has 9 heteroatoms. The Hall–Kier alpha value is -4.53. The molecule has 1 N–H and O–H groups in total. The number of piperidine rings is 1. The van der Waals surface area contributed by atoms with Gasteiger partial charge < -0.3 is 14.7 Å². The molecule has 2 aliphatic heterocycles. The van der Waals surface area contributed by atoms with Gasteiger partial charge in [-0.25, -0.2) is 0 Å². The largest absolute Gasteiger partial charge is 0.339 e. The average molecular weight is 509 g/mol. The number of aromatic amines is 1. The molecule has 2 aliphatic rings. The highest BCUT2D eigenvalue weighted by Gasteiger charge is 2.54. The van der Waals surface area contributed by atoms with Crippen molar-refractivity contribution in [2.45, 2.75) is 24.8 Å². The third kappa shape index (κ3) is 4.30. The molecule has 6 rings (SSSR count). The number of H-pyrrole nitrogens is 1. The van der Waals surface area contributed by atoms with Gasteiger partial charge in [0.25, 0.3) is 5.91 Å². The number of aromatic nitrogens is 3. The predicted octanol–water partition coefficient (Wildman–Crippen LogP) is 3.05. The number of hydrogen-bond acceptors (Lipinski definition) is 6. The highest BCUT2D eigenvalue weighted by atomic mass is 16.2. The van der Waals surface area contributed by atoms with Gasteiger partial charge in [-0.1, -0.05) is 24.3 Å². The Bertz CT molecular complexity index is 1480. The number of hydrogen-bond donors (Lipinski definition) is 1. The number of ketones is 1. The molecule has 192 valence electrons. The summed E-state index contributed by atoms with van der Waals surface area (Å²) in [5.74, 6) is -0.130. The zero-order valence-corrected chi connectivity index (χ0v) is 20.9. The summed E-state index contributed by atoms with van der Waals surface area (Å²) in [6.07, 6.45) is 6.28. The molecule has 0 radical (unpaired) electrons. The highest BCUT2D eigenvalue weighted by Crippen LogP contribution is 2.39. The summed E-state index contributed by atoms with van der Waals surface area (Å²) in [5.41, 5.74) is 2.47. The van der Waals surface area contributed by atoms with E-state index in [1.807, 2.05) is 53.4 Å². The van der Waals surface area contributed by atoms with Crippen molar-refractivity contribution < 1.29 is 14.4 Å². The standard InChI is InChI=1S/C29H28N6O3/c36-25(15-21-5-4-12-30-17-21)19-34-20-35(24-6-2-1-3-7-24)29(28(34)38)10-13-33(14-11-29)27(37)22-8-9-26-23(16-22)18-31-32-26/h1-9,12,16-18H,10-11,13-15,19-20H2,(H,31,32). The quantitative estimate of drug-likeness (QED) is 0.430. The van der Waals surface area contributed by atoms with E-state index in [4.69, 9.17) is 0 Å². The molecule has 2 fully saturated rings. The number of fused-ring (bicyclic) bond motifs is 1. The van der Waals surface area contributed by atoms with E-state index in [1.54, 1.807) is 35.6 Å². The van der Waals surface area contributed by atoms with Crippen LogP contribution < -0.4 is 4.90 Å². The van der Waals surface area contributed by atoms with E-state index < -0.39 is 5.54 Å². The maximum Gasteiger partial charge on any atom is 0.253 e. The van der Waals surface area contributed by atoms with Crippen molar-refractivity contribution in [2.24, 2.45) is 0 Å². The first-order valence-corrected chi connectivity index (χ1v) is 12.8. The van der Waals surface area contributed by atoms with E-state index in [0.717, 1.165) is 22.2 Å². The van der Waals surface area contributed by atoms with Crippen molar-refractivity contribution in [2.75, 3.05) is 31.2 Å². The molecule has 4 heterocycles. The summed E-state index contributed by atoms with van der Waals surface area (Å²) in [4.78, 5) is 49.8. The Balaban J connectivity index is 1.21. The minimum Gasteiger partial charge on any atom is -0.339 e. The minimum atomic E-state index is -0.790. The number of pyridine rings is 1. The summed E-state index contributed by atoms with van der Waals surface area (Å²) in [7, 11) is 0. The zero-order chi connectivity index (χ0) is 26.1. The number of likely N-dealkylation sites (tertiary alicyclic amines) is 1. The molecule has 2 saturated heterocycles. The number of amides is 2. The van der Waals surface area contributed by atoms with E-state index in [0.29, 0.717) is 38.2 Å². The Kier molecular flexibility index (Phi) is 6.11. The predicted molar refractivity (Wildman–Crippen MR) is 142 cm³/mol. The first-order valence-electron chi connectivity index (χ1n) is 12.8. The van der Waals surface area contributed by atoms with Crippen LogP contribution in [0.2, 0.25) is 0 Å². The van der Waals surface area contributed by atoms with Crippen molar-refractivity contribution >= 4 is 34.2 Å². The van der Waals surface area contributed by atoms with Gasteiger partial charge in [0.15, 0.2) is 5.78 Å². The number of para-hydroxylation sites is 1. The molecule has 0 bridgehead atoms. The van der Waals surface area contributed by atoms with Crippen LogP contribution in [0, 0.1) is 0 Å². The van der Waals surface area contributed by atoms with Crippen LogP contribution in [0.5, 0.6) is 0 Å². The molecule has 2 amide bonds. The maximum absolute atomic E-state index is 13.9. The van der Waals surface area contributed by atoms with Crippen LogP contribution in [0.25, 0.3) is 10.9 Å². The lowest BCUT2D eigenvalue weighted by atomic mass is 9.85. The molecule has 9 nitrogen and oxygen atoms in total. The lowest BCUT2D eigenvalue weighted by molar-refractivity contribution is -0.136. The second-order valence-corrected chi connectivity index (χ2v) is 9.98. The number of carbonyl (C=O) groups excluding carboxylic acids is 3. The summed E-state index contributed by atoms with van der Waals surface area (Å²) in [6, 6.07) is 19.0. The number of Topliss-reactive ketones (excluding diaryl/α,β-unsaturated/α-hetero) is 1. The van der Waals surface area contributed by atoms with Gasteiger partial charge in [0.05, 0.1) is 24.9 Å². The monoisotopic (exact) mass is 508 g/mol. The topological polar surface area (TPSA) is 102 Å². The zero-order valence-electron chi connectivity index (χ0n) is 20.9.